The van der Waals surface area contributed by atoms with Crippen molar-refractivity contribution < 1.29 is 22.3 Å². The van der Waals surface area contributed by atoms with Crippen LogP contribution in [-0.2, 0) is 21.2 Å². The Balaban J connectivity index is 1.70. The molecule has 3 rings (SSSR count). The summed E-state index contributed by atoms with van der Waals surface area (Å²) in [6.45, 7) is 1.63. The molecule has 0 radical (unpaired) electrons. The number of hydrogen-bond acceptors (Lipinski definition) is 8. The van der Waals surface area contributed by atoms with Gasteiger partial charge in [0.25, 0.3) is 11.1 Å². The van der Waals surface area contributed by atoms with Crippen molar-refractivity contribution in [2.75, 3.05) is 11.1 Å². The van der Waals surface area contributed by atoms with E-state index >= 15 is 0 Å². The van der Waals surface area contributed by atoms with E-state index in [9.17, 15) is 22.9 Å². The number of nitrogens with zero attached hydrogens (tertiary/aromatic N) is 3. The molecule has 2 aromatic carbocycles. The Kier molecular flexibility index (Phi) is 7.75. The van der Waals surface area contributed by atoms with Gasteiger partial charge in [-0.05, 0) is 41.5 Å². The zero-order valence-corrected chi connectivity index (χ0v) is 19.5. The molecule has 0 atom stereocenters. The average molecular weight is 507 g/mol. The number of sulfone groups is 1. The van der Waals surface area contributed by atoms with E-state index in [1.807, 2.05) is 0 Å². The van der Waals surface area contributed by atoms with Crippen LogP contribution in [-0.4, -0.2) is 29.4 Å². The van der Waals surface area contributed by atoms with Crippen LogP contribution in [0.15, 0.2) is 53.2 Å². The lowest BCUT2D eigenvalue weighted by Gasteiger charge is -2.09. The van der Waals surface area contributed by atoms with Crippen molar-refractivity contribution >= 4 is 50.1 Å². The number of hydrogen-bond donors (Lipinski definition) is 1. The number of halogens is 2. The van der Waals surface area contributed by atoms with Crippen LogP contribution < -0.4 is 10.1 Å². The molecule has 0 spiro atoms. The Labute approximate surface area is 198 Å². The quantitative estimate of drug-likeness (QED) is 0.358. The van der Waals surface area contributed by atoms with Crippen LogP contribution in [0.25, 0.3) is 6.08 Å². The lowest BCUT2D eigenvalue weighted by atomic mass is 10.1. The Hall–Kier alpha value is -3.33. The van der Waals surface area contributed by atoms with E-state index in [-0.39, 0.29) is 39.1 Å². The van der Waals surface area contributed by atoms with Gasteiger partial charge in [-0.2, -0.15) is 14.6 Å². The van der Waals surface area contributed by atoms with E-state index in [0.29, 0.717) is 22.8 Å². The molecule has 3 aromatic rings. The molecule has 0 bridgehead atoms. The van der Waals surface area contributed by atoms with E-state index in [1.165, 1.54) is 31.2 Å². The summed E-state index contributed by atoms with van der Waals surface area (Å²) in [6.07, 6.45) is 1.32. The van der Waals surface area contributed by atoms with Gasteiger partial charge in [-0.1, -0.05) is 36.7 Å². The van der Waals surface area contributed by atoms with Crippen LogP contribution in [0.5, 0.6) is 5.75 Å². The molecule has 0 aliphatic carbocycles. The van der Waals surface area contributed by atoms with Gasteiger partial charge in [0.15, 0.2) is 0 Å². The summed E-state index contributed by atoms with van der Waals surface area (Å²) >= 11 is 6.94. The summed E-state index contributed by atoms with van der Waals surface area (Å²) in [4.78, 5) is 16.2. The molecule has 1 N–H and O–H groups in total. The summed E-state index contributed by atoms with van der Waals surface area (Å²) in [5, 5.41) is 11.6. The molecule has 0 aliphatic rings. The molecule has 8 nitrogen and oxygen atoms in total. The van der Waals surface area contributed by atoms with Crippen LogP contribution in [0.3, 0.4) is 0 Å². The van der Waals surface area contributed by atoms with Crippen molar-refractivity contribution in [3.05, 3.63) is 70.0 Å². The zero-order valence-electron chi connectivity index (χ0n) is 17.1. The molecule has 1 heterocycles. The predicted molar refractivity (Wildman–Crippen MR) is 122 cm³/mol. The van der Waals surface area contributed by atoms with Crippen molar-refractivity contribution in [2.45, 2.75) is 18.7 Å². The monoisotopic (exact) mass is 506 g/mol. The van der Waals surface area contributed by atoms with Crippen LogP contribution >= 0.6 is 23.1 Å². The second-order valence-electron chi connectivity index (χ2n) is 6.51. The van der Waals surface area contributed by atoms with Gasteiger partial charge < -0.3 is 4.74 Å². The van der Waals surface area contributed by atoms with Gasteiger partial charge in [0, 0.05) is 11.5 Å². The third-order valence-corrected chi connectivity index (χ3v) is 6.77. The Morgan fingerprint density at radius 3 is 2.67 bits per heavy atom. The molecule has 0 unspecified atom stereocenters. The van der Waals surface area contributed by atoms with Gasteiger partial charge >= 0.3 is 0 Å². The molecular weight excluding hydrogens is 491 g/mol. The summed E-state index contributed by atoms with van der Waals surface area (Å²) in [5.74, 6) is -0.922. The fraction of sp³-hybridized carbons (Fsp3) is 0.143. The maximum Gasteiger partial charge on any atom is 0.268 e. The lowest BCUT2D eigenvalue weighted by molar-refractivity contribution is -0.112. The van der Waals surface area contributed by atoms with Crippen LogP contribution in [0, 0.1) is 17.1 Å². The fourth-order valence-electron chi connectivity index (χ4n) is 2.46. The minimum absolute atomic E-state index is 0.0456. The first-order chi connectivity index (χ1) is 15.7. The Morgan fingerprint density at radius 2 is 2.03 bits per heavy atom. The Morgan fingerprint density at radius 1 is 1.30 bits per heavy atom. The summed E-state index contributed by atoms with van der Waals surface area (Å²) in [7, 11) is -3.61. The van der Waals surface area contributed by atoms with Gasteiger partial charge in [0.2, 0.25) is 15.0 Å². The summed E-state index contributed by atoms with van der Waals surface area (Å²) < 4.78 is 45.9. The molecule has 0 aliphatic heterocycles. The molecule has 0 saturated carbocycles. The third kappa shape index (κ3) is 6.35. The number of nitrogens with one attached hydrogen (secondary N) is 1. The first-order valence-electron chi connectivity index (χ1n) is 9.38. The molecule has 12 heteroatoms. The standard InChI is InChI=1S/C21H16ClFN4O4S2/c1-2-33(29,30)21-26-20(32-27-21)25-19(28)15(11-24)9-14-5-8-18(17(22)10-14)31-12-13-3-6-16(23)7-4-13/h3-10H,2,12H2,1H3,(H,25,26,27,28). The molecule has 1 aromatic heterocycles. The van der Waals surface area contributed by atoms with Crippen molar-refractivity contribution in [2.24, 2.45) is 0 Å². The zero-order chi connectivity index (χ0) is 24.0. The average Bonchev–Trinajstić information content (AvgIpc) is 3.27. The molecule has 33 heavy (non-hydrogen) atoms. The topological polar surface area (TPSA) is 122 Å². The van der Waals surface area contributed by atoms with Crippen LogP contribution in [0.1, 0.15) is 18.1 Å². The highest BCUT2D eigenvalue weighted by molar-refractivity contribution is 7.91. The SMILES string of the molecule is CCS(=O)(=O)c1nsc(NC(=O)C(C#N)=Cc2ccc(OCc3ccc(F)cc3)c(Cl)c2)n1. The van der Waals surface area contributed by atoms with Gasteiger partial charge in [-0.15, -0.1) is 0 Å². The van der Waals surface area contributed by atoms with E-state index in [1.54, 1.807) is 30.3 Å². The lowest BCUT2D eigenvalue weighted by Crippen LogP contribution is -2.13. The highest BCUT2D eigenvalue weighted by Gasteiger charge is 2.20. The number of carbonyl (C=O) groups excluding carboxylic acids is 1. The van der Waals surface area contributed by atoms with Crippen molar-refractivity contribution in [3.63, 3.8) is 0 Å². The number of rotatable bonds is 8. The van der Waals surface area contributed by atoms with Gasteiger partial charge in [-0.25, -0.2) is 12.8 Å². The van der Waals surface area contributed by atoms with Crippen molar-refractivity contribution in [1.82, 2.24) is 9.36 Å². The number of aromatic nitrogens is 2. The summed E-state index contributed by atoms with van der Waals surface area (Å²) in [5.41, 5.74) is 0.972. The van der Waals surface area contributed by atoms with E-state index in [2.05, 4.69) is 14.7 Å². The number of amides is 1. The molecule has 0 saturated heterocycles. The Bertz CT molecular complexity index is 1350. The first kappa shape index (κ1) is 24.3. The van der Waals surface area contributed by atoms with Gasteiger partial charge in [0.05, 0.1) is 10.8 Å². The largest absolute Gasteiger partial charge is 0.487 e. The number of nitriles is 1. The van der Waals surface area contributed by atoms with Gasteiger partial charge in [0.1, 0.15) is 29.8 Å². The molecule has 1 amide bonds. The number of anilines is 1. The normalized spacial score (nSPS) is 11.6. The second-order valence-corrected chi connectivity index (χ2v) is 9.85. The highest BCUT2D eigenvalue weighted by Crippen LogP contribution is 2.27. The number of carbonyl (C=O) groups is 1. The molecule has 0 fully saturated rings. The van der Waals surface area contributed by atoms with Crippen molar-refractivity contribution in [1.29, 1.82) is 5.26 Å². The third-order valence-electron chi connectivity index (χ3n) is 4.23. The minimum atomic E-state index is -3.61. The molecular formula is C21H16ClFN4O4S2. The predicted octanol–water partition coefficient (Wildman–Crippen LogP) is 4.25. The smallest absolute Gasteiger partial charge is 0.268 e. The number of benzene rings is 2. The maximum atomic E-state index is 13.0. The van der Waals surface area contributed by atoms with Crippen molar-refractivity contribution in [3.8, 4) is 11.8 Å². The van der Waals surface area contributed by atoms with E-state index in [0.717, 1.165) is 5.56 Å². The van der Waals surface area contributed by atoms with E-state index in [4.69, 9.17) is 16.3 Å². The van der Waals surface area contributed by atoms with Gasteiger partial charge in [-0.3, -0.25) is 10.1 Å². The second kappa shape index (κ2) is 10.5. The fourth-order valence-corrected chi connectivity index (χ4v) is 4.29. The first-order valence-corrected chi connectivity index (χ1v) is 12.2. The molecule has 170 valence electrons. The van der Waals surface area contributed by atoms with Crippen LogP contribution in [0.2, 0.25) is 5.02 Å². The summed E-state index contributed by atoms with van der Waals surface area (Å²) in [6, 6.07) is 12.3. The highest BCUT2D eigenvalue weighted by atomic mass is 35.5. The maximum absolute atomic E-state index is 13.0. The number of ether oxygens (including phenoxy) is 1. The minimum Gasteiger partial charge on any atom is -0.487 e. The van der Waals surface area contributed by atoms with Crippen LogP contribution in [0.4, 0.5) is 9.52 Å². The van der Waals surface area contributed by atoms with E-state index < -0.39 is 15.7 Å².